The van der Waals surface area contributed by atoms with Gasteiger partial charge in [-0.05, 0) is 24.3 Å². The van der Waals surface area contributed by atoms with Crippen molar-refractivity contribution >= 4 is 5.78 Å². The predicted molar refractivity (Wildman–Crippen MR) is 79.4 cm³/mol. The standard InChI is InChI=1S/C15H16N4O2/c1-20-10-4-5-13(21-2)11(8-10)14-12(9-16)19-7-3-6-17-15(19)18-14/h3-8H,9,16H2,1-2H3. The van der Waals surface area contributed by atoms with E-state index in [1.807, 2.05) is 34.9 Å². The lowest BCUT2D eigenvalue weighted by molar-refractivity contribution is 0.404. The third kappa shape index (κ3) is 2.19. The lowest BCUT2D eigenvalue weighted by Gasteiger charge is -2.10. The van der Waals surface area contributed by atoms with Crippen LogP contribution in [0.2, 0.25) is 0 Å². The van der Waals surface area contributed by atoms with Crippen molar-refractivity contribution < 1.29 is 9.47 Å². The van der Waals surface area contributed by atoms with E-state index < -0.39 is 0 Å². The molecule has 6 heteroatoms. The number of fused-ring (bicyclic) bond motifs is 1. The second-order valence-electron chi connectivity index (χ2n) is 4.47. The lowest BCUT2D eigenvalue weighted by atomic mass is 10.1. The van der Waals surface area contributed by atoms with E-state index in [1.165, 1.54) is 0 Å². The summed E-state index contributed by atoms with van der Waals surface area (Å²) >= 11 is 0. The Hall–Kier alpha value is -2.60. The topological polar surface area (TPSA) is 74.7 Å². The summed E-state index contributed by atoms with van der Waals surface area (Å²) in [5.74, 6) is 2.06. The molecule has 0 fully saturated rings. The van der Waals surface area contributed by atoms with Crippen LogP contribution in [-0.4, -0.2) is 28.6 Å². The molecule has 3 aromatic rings. The van der Waals surface area contributed by atoms with Crippen LogP contribution in [0.5, 0.6) is 11.5 Å². The van der Waals surface area contributed by atoms with E-state index in [4.69, 9.17) is 15.2 Å². The molecule has 1 aromatic carbocycles. The molecule has 2 aromatic heterocycles. The summed E-state index contributed by atoms with van der Waals surface area (Å²) < 4.78 is 12.6. The van der Waals surface area contributed by atoms with Gasteiger partial charge in [-0.15, -0.1) is 0 Å². The molecule has 0 aliphatic carbocycles. The van der Waals surface area contributed by atoms with Gasteiger partial charge >= 0.3 is 0 Å². The fourth-order valence-corrected chi connectivity index (χ4v) is 2.34. The van der Waals surface area contributed by atoms with Crippen molar-refractivity contribution in [2.24, 2.45) is 5.73 Å². The van der Waals surface area contributed by atoms with Gasteiger partial charge in [0, 0.05) is 24.5 Å². The molecule has 3 rings (SSSR count). The van der Waals surface area contributed by atoms with Crippen LogP contribution >= 0.6 is 0 Å². The van der Waals surface area contributed by atoms with Crippen molar-refractivity contribution in [3.63, 3.8) is 0 Å². The Balaban J connectivity index is 2.29. The van der Waals surface area contributed by atoms with Gasteiger partial charge in [-0.3, -0.25) is 4.40 Å². The minimum absolute atomic E-state index is 0.350. The molecule has 0 saturated heterocycles. The molecule has 0 amide bonds. The van der Waals surface area contributed by atoms with Gasteiger partial charge in [-0.1, -0.05) is 0 Å². The molecule has 0 saturated carbocycles. The van der Waals surface area contributed by atoms with Gasteiger partial charge in [-0.25, -0.2) is 9.97 Å². The molecule has 21 heavy (non-hydrogen) atoms. The first kappa shape index (κ1) is 13.4. The minimum atomic E-state index is 0.350. The molecule has 0 spiro atoms. The van der Waals surface area contributed by atoms with Gasteiger partial charge < -0.3 is 15.2 Å². The zero-order valence-electron chi connectivity index (χ0n) is 11.9. The molecular weight excluding hydrogens is 268 g/mol. The molecule has 6 nitrogen and oxygen atoms in total. The third-order valence-electron chi connectivity index (χ3n) is 3.36. The third-order valence-corrected chi connectivity index (χ3v) is 3.36. The smallest absolute Gasteiger partial charge is 0.234 e. The normalized spacial score (nSPS) is 10.8. The molecule has 108 valence electrons. The maximum Gasteiger partial charge on any atom is 0.234 e. The first-order valence-corrected chi connectivity index (χ1v) is 6.53. The van der Waals surface area contributed by atoms with Gasteiger partial charge in [0.25, 0.3) is 0 Å². The maximum atomic E-state index is 5.90. The summed E-state index contributed by atoms with van der Waals surface area (Å²) in [6.45, 7) is 0.350. The Labute approximate surface area is 122 Å². The number of hydrogen-bond acceptors (Lipinski definition) is 5. The second kappa shape index (κ2) is 5.41. The highest BCUT2D eigenvalue weighted by Crippen LogP contribution is 2.34. The molecule has 0 atom stereocenters. The molecule has 0 aliphatic rings. The molecule has 2 heterocycles. The highest BCUT2D eigenvalue weighted by molar-refractivity contribution is 5.73. The van der Waals surface area contributed by atoms with Crippen LogP contribution in [0, 0.1) is 0 Å². The van der Waals surface area contributed by atoms with Crippen LogP contribution in [0.4, 0.5) is 0 Å². The lowest BCUT2D eigenvalue weighted by Crippen LogP contribution is -2.03. The molecule has 2 N–H and O–H groups in total. The second-order valence-corrected chi connectivity index (χ2v) is 4.47. The minimum Gasteiger partial charge on any atom is -0.497 e. The number of rotatable bonds is 4. The summed E-state index contributed by atoms with van der Waals surface area (Å²) in [5, 5.41) is 0. The first-order valence-electron chi connectivity index (χ1n) is 6.53. The fourth-order valence-electron chi connectivity index (χ4n) is 2.34. The van der Waals surface area contributed by atoms with Crippen LogP contribution in [0.1, 0.15) is 5.69 Å². The van der Waals surface area contributed by atoms with Gasteiger partial charge in [0.2, 0.25) is 5.78 Å². The van der Waals surface area contributed by atoms with Crippen molar-refractivity contribution in [2.45, 2.75) is 6.54 Å². The number of benzene rings is 1. The Bertz CT molecular complexity index is 782. The summed E-state index contributed by atoms with van der Waals surface area (Å²) in [4.78, 5) is 8.83. The monoisotopic (exact) mass is 284 g/mol. The molecule has 0 aliphatic heterocycles. The number of hydrogen-bond donors (Lipinski definition) is 1. The summed E-state index contributed by atoms with van der Waals surface area (Å²) in [6, 6.07) is 7.44. The van der Waals surface area contributed by atoms with E-state index in [-0.39, 0.29) is 0 Å². The van der Waals surface area contributed by atoms with Crippen LogP contribution in [0.25, 0.3) is 17.0 Å². The molecule has 0 radical (unpaired) electrons. The number of imidazole rings is 1. The maximum absolute atomic E-state index is 5.90. The number of ether oxygens (including phenoxy) is 2. The fraction of sp³-hybridized carbons (Fsp3) is 0.200. The Morgan fingerprint density at radius 3 is 2.81 bits per heavy atom. The summed E-state index contributed by atoms with van der Waals surface area (Å²) in [6.07, 6.45) is 3.60. The van der Waals surface area contributed by atoms with Gasteiger partial charge in [0.15, 0.2) is 0 Å². The first-order chi connectivity index (χ1) is 10.3. The van der Waals surface area contributed by atoms with E-state index in [9.17, 15) is 0 Å². The average Bonchev–Trinajstić information content (AvgIpc) is 2.92. The quantitative estimate of drug-likeness (QED) is 0.791. The Morgan fingerprint density at radius 2 is 2.10 bits per heavy atom. The van der Waals surface area contributed by atoms with E-state index in [2.05, 4.69) is 9.97 Å². The molecule has 0 bridgehead atoms. The Kier molecular flexibility index (Phi) is 3.45. The van der Waals surface area contributed by atoms with Crippen LogP contribution in [0.15, 0.2) is 36.7 Å². The van der Waals surface area contributed by atoms with Crippen molar-refractivity contribution in [3.05, 3.63) is 42.4 Å². The molecular formula is C15H16N4O2. The number of methoxy groups -OCH3 is 2. The van der Waals surface area contributed by atoms with E-state index >= 15 is 0 Å². The number of nitrogens with zero attached hydrogens (tertiary/aromatic N) is 3. The van der Waals surface area contributed by atoms with Crippen molar-refractivity contribution in [1.82, 2.24) is 14.4 Å². The summed E-state index contributed by atoms with van der Waals surface area (Å²) in [7, 11) is 3.25. The summed E-state index contributed by atoms with van der Waals surface area (Å²) in [5.41, 5.74) is 8.37. The molecule has 0 unspecified atom stereocenters. The van der Waals surface area contributed by atoms with Crippen LogP contribution in [0.3, 0.4) is 0 Å². The Morgan fingerprint density at radius 1 is 1.24 bits per heavy atom. The van der Waals surface area contributed by atoms with Gasteiger partial charge in [-0.2, -0.15) is 0 Å². The van der Waals surface area contributed by atoms with Crippen LogP contribution in [-0.2, 0) is 6.54 Å². The van der Waals surface area contributed by atoms with Crippen molar-refractivity contribution in [1.29, 1.82) is 0 Å². The zero-order valence-corrected chi connectivity index (χ0v) is 11.9. The van der Waals surface area contributed by atoms with E-state index in [1.54, 1.807) is 20.4 Å². The SMILES string of the molecule is COc1ccc(OC)c(-c2nc3ncccn3c2CN)c1. The highest BCUT2D eigenvalue weighted by Gasteiger charge is 2.17. The van der Waals surface area contributed by atoms with Gasteiger partial charge in [0.1, 0.15) is 11.5 Å². The highest BCUT2D eigenvalue weighted by atomic mass is 16.5. The predicted octanol–water partition coefficient (Wildman–Crippen LogP) is 1.87. The number of nitrogens with two attached hydrogens (primary N) is 1. The average molecular weight is 284 g/mol. The largest absolute Gasteiger partial charge is 0.497 e. The van der Waals surface area contributed by atoms with E-state index in [0.717, 1.165) is 22.7 Å². The van der Waals surface area contributed by atoms with Crippen LogP contribution < -0.4 is 15.2 Å². The van der Waals surface area contributed by atoms with Crippen molar-refractivity contribution in [3.8, 4) is 22.8 Å². The number of aromatic nitrogens is 3. The zero-order chi connectivity index (χ0) is 14.8. The van der Waals surface area contributed by atoms with Gasteiger partial charge in [0.05, 0.1) is 25.6 Å². The van der Waals surface area contributed by atoms with Crippen molar-refractivity contribution in [2.75, 3.05) is 14.2 Å². The van der Waals surface area contributed by atoms with E-state index in [0.29, 0.717) is 18.1 Å².